The molecule has 114 valence electrons. The zero-order valence-corrected chi connectivity index (χ0v) is 12.9. The summed E-state index contributed by atoms with van der Waals surface area (Å²) in [6.07, 6.45) is 6.18. The molecule has 2 fully saturated rings. The number of amides is 1. The Bertz CT molecular complexity index is 519. The molecule has 0 unspecified atom stereocenters. The van der Waals surface area contributed by atoms with Gasteiger partial charge < -0.3 is 10.2 Å². The van der Waals surface area contributed by atoms with E-state index in [0.29, 0.717) is 0 Å². The van der Waals surface area contributed by atoms with Gasteiger partial charge in [-0.2, -0.15) is 0 Å². The monoisotopic (exact) mass is 288 g/mol. The second-order valence-corrected chi connectivity index (χ2v) is 6.37. The molecule has 1 aliphatic carbocycles. The van der Waals surface area contributed by atoms with Crippen LogP contribution < -0.4 is 10.2 Å². The Balaban J connectivity index is 1.54. The van der Waals surface area contributed by atoms with Crippen LogP contribution in [-0.2, 0) is 4.79 Å². The van der Waals surface area contributed by atoms with Crippen LogP contribution >= 0.6 is 0 Å². The van der Waals surface area contributed by atoms with Gasteiger partial charge in [-0.15, -0.1) is 0 Å². The third kappa shape index (κ3) is 3.52. The molecule has 2 heterocycles. The number of carbonyl (C=O) groups excluding carboxylic acids is 1. The average Bonchev–Trinajstić information content (AvgIpc) is 3.32. The van der Waals surface area contributed by atoms with Crippen molar-refractivity contribution in [3.63, 3.8) is 0 Å². The fraction of sp³-hybridized carbons (Fsp3) is 0.688. The lowest BCUT2D eigenvalue weighted by Gasteiger charge is -2.32. The number of nitrogens with one attached hydrogen (secondary N) is 1. The van der Waals surface area contributed by atoms with Gasteiger partial charge in [0.05, 0.1) is 11.4 Å². The smallest absolute Gasteiger partial charge is 0.223 e. The largest absolute Gasteiger partial charge is 0.356 e. The highest BCUT2D eigenvalue weighted by atomic mass is 16.1. The molecule has 0 radical (unpaired) electrons. The van der Waals surface area contributed by atoms with Crippen LogP contribution in [0.3, 0.4) is 0 Å². The van der Waals surface area contributed by atoms with E-state index in [2.05, 4.69) is 20.2 Å². The molecule has 1 aromatic heterocycles. The van der Waals surface area contributed by atoms with Crippen LogP contribution in [0.5, 0.6) is 0 Å². The van der Waals surface area contributed by atoms with Gasteiger partial charge in [-0.25, -0.2) is 4.98 Å². The number of rotatable bonds is 4. The first kappa shape index (κ1) is 14.3. The summed E-state index contributed by atoms with van der Waals surface area (Å²) < 4.78 is 0. The molecule has 1 saturated heterocycles. The minimum absolute atomic E-state index is 0.165. The third-order valence-corrected chi connectivity index (χ3v) is 4.48. The number of piperidine rings is 1. The van der Waals surface area contributed by atoms with Crippen LogP contribution in [0, 0.1) is 25.7 Å². The minimum Gasteiger partial charge on any atom is -0.356 e. The van der Waals surface area contributed by atoms with Gasteiger partial charge >= 0.3 is 0 Å². The van der Waals surface area contributed by atoms with Gasteiger partial charge in [-0.1, -0.05) is 0 Å². The molecule has 21 heavy (non-hydrogen) atoms. The predicted octanol–water partition coefficient (Wildman–Crippen LogP) is 1.84. The van der Waals surface area contributed by atoms with E-state index < -0.39 is 0 Å². The fourth-order valence-electron chi connectivity index (χ4n) is 2.89. The van der Waals surface area contributed by atoms with E-state index in [9.17, 15) is 4.79 Å². The number of carbonyl (C=O) groups is 1. The first-order valence-corrected chi connectivity index (χ1v) is 7.96. The zero-order chi connectivity index (χ0) is 14.8. The van der Waals surface area contributed by atoms with E-state index in [-0.39, 0.29) is 11.8 Å². The highest BCUT2D eigenvalue weighted by Crippen LogP contribution is 2.28. The number of hydrogen-bond donors (Lipinski definition) is 1. The van der Waals surface area contributed by atoms with E-state index in [1.165, 1.54) is 12.8 Å². The molecule has 1 N–H and O–H groups in total. The lowest BCUT2D eigenvalue weighted by atomic mass is 9.95. The molecule has 5 heteroatoms. The second-order valence-electron chi connectivity index (χ2n) is 6.37. The Morgan fingerprint density at radius 3 is 2.67 bits per heavy atom. The molecule has 0 spiro atoms. The summed E-state index contributed by atoms with van der Waals surface area (Å²) in [6.45, 7) is 6.62. The Hall–Kier alpha value is -1.65. The molecule has 5 nitrogen and oxygen atoms in total. The van der Waals surface area contributed by atoms with Crippen LogP contribution in [0.4, 0.5) is 5.82 Å². The van der Waals surface area contributed by atoms with Crippen LogP contribution in [0.2, 0.25) is 0 Å². The van der Waals surface area contributed by atoms with Gasteiger partial charge in [0, 0.05) is 31.7 Å². The van der Waals surface area contributed by atoms with Gasteiger partial charge in [0.15, 0.2) is 0 Å². The van der Waals surface area contributed by atoms with E-state index in [4.69, 9.17) is 0 Å². The van der Waals surface area contributed by atoms with Crippen molar-refractivity contribution in [3.05, 3.63) is 17.6 Å². The van der Waals surface area contributed by atoms with E-state index in [1.807, 2.05) is 13.8 Å². The summed E-state index contributed by atoms with van der Waals surface area (Å²) in [5, 5.41) is 3.10. The lowest BCUT2D eigenvalue weighted by Crippen LogP contribution is -2.41. The third-order valence-electron chi connectivity index (χ3n) is 4.48. The van der Waals surface area contributed by atoms with Crippen molar-refractivity contribution < 1.29 is 4.79 Å². The highest BCUT2D eigenvalue weighted by Gasteiger charge is 2.28. The van der Waals surface area contributed by atoms with Crippen molar-refractivity contribution in [2.45, 2.75) is 39.5 Å². The first-order chi connectivity index (χ1) is 10.1. The van der Waals surface area contributed by atoms with Crippen LogP contribution in [-0.4, -0.2) is 35.5 Å². The van der Waals surface area contributed by atoms with E-state index in [0.717, 1.165) is 55.6 Å². The van der Waals surface area contributed by atoms with Crippen LogP contribution in [0.1, 0.15) is 37.1 Å². The predicted molar refractivity (Wildman–Crippen MR) is 82.2 cm³/mol. The van der Waals surface area contributed by atoms with Crippen LogP contribution in [0.25, 0.3) is 0 Å². The average molecular weight is 288 g/mol. The van der Waals surface area contributed by atoms with Crippen molar-refractivity contribution in [2.24, 2.45) is 11.8 Å². The molecular weight excluding hydrogens is 264 g/mol. The van der Waals surface area contributed by atoms with Crippen molar-refractivity contribution >= 4 is 11.7 Å². The molecule has 0 atom stereocenters. The van der Waals surface area contributed by atoms with Gasteiger partial charge in [-0.3, -0.25) is 9.78 Å². The number of nitrogens with zero attached hydrogens (tertiary/aromatic N) is 3. The molecule has 0 bridgehead atoms. The second kappa shape index (κ2) is 6.00. The maximum Gasteiger partial charge on any atom is 0.223 e. The molecule has 1 amide bonds. The molecule has 1 aromatic rings. The lowest BCUT2D eigenvalue weighted by molar-refractivity contribution is -0.125. The Kier molecular flexibility index (Phi) is 4.08. The van der Waals surface area contributed by atoms with Gasteiger partial charge in [0.2, 0.25) is 5.91 Å². The number of aromatic nitrogens is 2. The normalized spacial score (nSPS) is 19.6. The number of hydrogen-bond acceptors (Lipinski definition) is 4. The number of anilines is 1. The standard InChI is InChI=1S/C16H24N4O/c1-11-9-17-12(2)15(19-11)20-7-5-14(6-8-20)16(21)18-10-13-3-4-13/h9,13-14H,3-8,10H2,1-2H3,(H,18,21). The van der Waals surface area contributed by atoms with Crippen molar-refractivity contribution in [2.75, 3.05) is 24.5 Å². The van der Waals surface area contributed by atoms with Crippen molar-refractivity contribution in [3.8, 4) is 0 Å². The molecule has 1 saturated carbocycles. The van der Waals surface area contributed by atoms with Gasteiger partial charge in [-0.05, 0) is 45.4 Å². The summed E-state index contributed by atoms with van der Waals surface area (Å²) in [4.78, 5) is 23.4. The zero-order valence-electron chi connectivity index (χ0n) is 12.9. The van der Waals surface area contributed by atoms with E-state index >= 15 is 0 Å². The summed E-state index contributed by atoms with van der Waals surface area (Å²) in [5.74, 6) is 2.14. The van der Waals surface area contributed by atoms with Gasteiger partial charge in [0.1, 0.15) is 5.82 Å². The van der Waals surface area contributed by atoms with Crippen molar-refractivity contribution in [1.82, 2.24) is 15.3 Å². The Morgan fingerprint density at radius 2 is 2.00 bits per heavy atom. The molecule has 0 aromatic carbocycles. The molecule has 3 rings (SSSR count). The minimum atomic E-state index is 0.165. The summed E-state index contributed by atoms with van der Waals surface area (Å²) >= 11 is 0. The summed E-state index contributed by atoms with van der Waals surface area (Å²) in [6, 6.07) is 0. The molecular formula is C16H24N4O. The Morgan fingerprint density at radius 1 is 1.29 bits per heavy atom. The summed E-state index contributed by atoms with van der Waals surface area (Å²) in [5.41, 5.74) is 1.91. The van der Waals surface area contributed by atoms with Crippen molar-refractivity contribution in [1.29, 1.82) is 0 Å². The molecule has 2 aliphatic rings. The van der Waals surface area contributed by atoms with Crippen LogP contribution in [0.15, 0.2) is 6.20 Å². The molecule has 1 aliphatic heterocycles. The van der Waals surface area contributed by atoms with Gasteiger partial charge in [0.25, 0.3) is 0 Å². The number of aryl methyl sites for hydroxylation is 2. The first-order valence-electron chi connectivity index (χ1n) is 7.96. The van der Waals surface area contributed by atoms with E-state index in [1.54, 1.807) is 6.20 Å². The Labute approximate surface area is 126 Å². The SMILES string of the molecule is Cc1cnc(C)c(N2CCC(C(=O)NCC3CC3)CC2)n1. The maximum absolute atomic E-state index is 12.1. The quantitative estimate of drug-likeness (QED) is 0.918. The maximum atomic E-state index is 12.1. The fourth-order valence-corrected chi connectivity index (χ4v) is 2.89. The summed E-state index contributed by atoms with van der Waals surface area (Å²) in [7, 11) is 0. The highest BCUT2D eigenvalue weighted by molar-refractivity contribution is 5.79. The topological polar surface area (TPSA) is 58.1 Å².